The van der Waals surface area contributed by atoms with Crippen LogP contribution in [0.3, 0.4) is 0 Å². The Hall–Kier alpha value is -1.64. The molecule has 0 unspecified atom stereocenters. The van der Waals surface area contributed by atoms with Gasteiger partial charge in [-0.2, -0.15) is 0 Å². The highest BCUT2D eigenvalue weighted by molar-refractivity contribution is 5.78. The highest BCUT2D eigenvalue weighted by Gasteiger charge is 2.03. The van der Waals surface area contributed by atoms with E-state index in [0.717, 1.165) is 5.56 Å². The molecule has 3 heteroatoms. The maximum atomic E-state index is 13.0. The van der Waals surface area contributed by atoms with Crippen LogP contribution in [0.4, 0.5) is 4.39 Å². The summed E-state index contributed by atoms with van der Waals surface area (Å²) in [5.41, 5.74) is 1.20. The molecule has 0 heterocycles. The molecule has 1 aromatic carbocycles. The van der Waals surface area contributed by atoms with Gasteiger partial charge in [0.25, 0.3) is 0 Å². The molecule has 0 saturated carbocycles. The Kier molecular flexibility index (Phi) is 3.40. The van der Waals surface area contributed by atoms with Crippen molar-refractivity contribution in [1.82, 2.24) is 5.32 Å². The lowest BCUT2D eigenvalue weighted by atomic mass is 10.1. The minimum atomic E-state index is -0.319. The van der Waals surface area contributed by atoms with Gasteiger partial charge in [-0.25, -0.2) is 4.39 Å². The third-order valence-electron chi connectivity index (χ3n) is 1.92. The van der Waals surface area contributed by atoms with Crippen molar-refractivity contribution < 1.29 is 9.18 Å². The van der Waals surface area contributed by atoms with Crippen LogP contribution in [0.2, 0.25) is 0 Å². The standard InChI is InChI=1S/C11H12FNO/c1-3-9-6-8(4-5-10(9)12)7-11(14)13-2/h3-6H,1,7H2,2H3,(H,13,14). The lowest BCUT2D eigenvalue weighted by molar-refractivity contribution is -0.119. The summed E-state index contributed by atoms with van der Waals surface area (Å²) < 4.78 is 13.0. The van der Waals surface area contributed by atoms with Crippen molar-refractivity contribution in [2.75, 3.05) is 7.05 Å². The third-order valence-corrected chi connectivity index (χ3v) is 1.92. The van der Waals surface area contributed by atoms with Gasteiger partial charge in [0, 0.05) is 12.6 Å². The van der Waals surface area contributed by atoms with Crippen LogP contribution in [-0.2, 0) is 11.2 Å². The molecular formula is C11H12FNO. The van der Waals surface area contributed by atoms with Crippen LogP contribution < -0.4 is 5.32 Å². The van der Waals surface area contributed by atoms with Gasteiger partial charge in [0.2, 0.25) is 5.91 Å². The van der Waals surface area contributed by atoms with Gasteiger partial charge in [-0.15, -0.1) is 0 Å². The van der Waals surface area contributed by atoms with E-state index < -0.39 is 0 Å². The van der Waals surface area contributed by atoms with Crippen molar-refractivity contribution in [1.29, 1.82) is 0 Å². The van der Waals surface area contributed by atoms with Crippen molar-refractivity contribution in [3.8, 4) is 0 Å². The van der Waals surface area contributed by atoms with E-state index in [1.807, 2.05) is 0 Å². The van der Waals surface area contributed by atoms with E-state index in [0.29, 0.717) is 5.56 Å². The Labute approximate surface area is 82.4 Å². The molecule has 1 rings (SSSR count). The van der Waals surface area contributed by atoms with Gasteiger partial charge in [-0.3, -0.25) is 4.79 Å². The number of benzene rings is 1. The number of amides is 1. The van der Waals surface area contributed by atoms with E-state index in [9.17, 15) is 9.18 Å². The van der Waals surface area contributed by atoms with E-state index in [1.54, 1.807) is 19.2 Å². The predicted octanol–water partition coefficient (Wildman–Crippen LogP) is 1.76. The molecule has 0 fully saturated rings. The summed E-state index contributed by atoms with van der Waals surface area (Å²) in [5, 5.41) is 2.51. The van der Waals surface area contributed by atoms with E-state index in [1.165, 1.54) is 12.1 Å². The Bertz CT molecular complexity index is 360. The second-order valence-electron chi connectivity index (χ2n) is 2.91. The summed E-state index contributed by atoms with van der Waals surface area (Å²) in [6, 6.07) is 4.56. The summed E-state index contributed by atoms with van der Waals surface area (Å²) in [5.74, 6) is -0.410. The highest BCUT2D eigenvalue weighted by Crippen LogP contribution is 2.12. The Balaban J connectivity index is 2.89. The Morgan fingerprint density at radius 1 is 1.64 bits per heavy atom. The van der Waals surface area contributed by atoms with Crippen molar-refractivity contribution in [2.45, 2.75) is 6.42 Å². The van der Waals surface area contributed by atoms with E-state index in [-0.39, 0.29) is 18.1 Å². The minimum Gasteiger partial charge on any atom is -0.359 e. The summed E-state index contributed by atoms with van der Waals surface area (Å²) in [6.07, 6.45) is 1.69. The smallest absolute Gasteiger partial charge is 0.224 e. The molecule has 0 saturated heterocycles. The van der Waals surface area contributed by atoms with Gasteiger partial charge in [0.1, 0.15) is 5.82 Å². The number of hydrogen-bond acceptors (Lipinski definition) is 1. The fourth-order valence-corrected chi connectivity index (χ4v) is 1.13. The van der Waals surface area contributed by atoms with Crippen LogP contribution in [0, 0.1) is 5.82 Å². The average Bonchev–Trinajstić information content (AvgIpc) is 2.20. The number of nitrogens with one attached hydrogen (secondary N) is 1. The maximum Gasteiger partial charge on any atom is 0.224 e. The molecule has 1 N–H and O–H groups in total. The zero-order chi connectivity index (χ0) is 10.6. The topological polar surface area (TPSA) is 29.1 Å². The summed E-state index contributed by atoms with van der Waals surface area (Å²) >= 11 is 0. The van der Waals surface area contributed by atoms with Gasteiger partial charge in [-0.05, 0) is 17.7 Å². The molecular weight excluding hydrogens is 181 g/mol. The van der Waals surface area contributed by atoms with Gasteiger partial charge in [0.05, 0.1) is 6.42 Å². The largest absolute Gasteiger partial charge is 0.359 e. The molecule has 0 spiro atoms. The zero-order valence-corrected chi connectivity index (χ0v) is 8.01. The van der Waals surface area contributed by atoms with Crippen molar-refractivity contribution in [3.05, 3.63) is 41.7 Å². The van der Waals surface area contributed by atoms with Crippen molar-refractivity contribution in [2.24, 2.45) is 0 Å². The zero-order valence-electron chi connectivity index (χ0n) is 8.01. The number of likely N-dealkylation sites (N-methyl/N-ethyl adjacent to an activating group) is 1. The van der Waals surface area contributed by atoms with E-state index >= 15 is 0 Å². The average molecular weight is 193 g/mol. The number of halogens is 1. The van der Waals surface area contributed by atoms with Crippen LogP contribution >= 0.6 is 0 Å². The Morgan fingerprint density at radius 2 is 2.36 bits per heavy atom. The quantitative estimate of drug-likeness (QED) is 0.778. The summed E-state index contributed by atoms with van der Waals surface area (Å²) in [7, 11) is 1.57. The highest BCUT2D eigenvalue weighted by atomic mass is 19.1. The third kappa shape index (κ3) is 2.42. The molecule has 74 valence electrons. The first-order valence-electron chi connectivity index (χ1n) is 4.29. The van der Waals surface area contributed by atoms with Crippen molar-refractivity contribution >= 4 is 12.0 Å². The molecule has 0 aromatic heterocycles. The molecule has 0 aliphatic heterocycles. The molecule has 1 amide bonds. The predicted molar refractivity (Wildman–Crippen MR) is 54.3 cm³/mol. The first kappa shape index (κ1) is 10.4. The monoisotopic (exact) mass is 193 g/mol. The van der Waals surface area contributed by atoms with Crippen LogP contribution in [-0.4, -0.2) is 13.0 Å². The van der Waals surface area contributed by atoms with E-state index in [2.05, 4.69) is 11.9 Å². The summed E-state index contributed by atoms with van der Waals surface area (Å²) in [6.45, 7) is 3.49. The van der Waals surface area contributed by atoms with Crippen LogP contribution in [0.15, 0.2) is 24.8 Å². The maximum absolute atomic E-state index is 13.0. The van der Waals surface area contributed by atoms with Crippen LogP contribution in [0.1, 0.15) is 11.1 Å². The van der Waals surface area contributed by atoms with Gasteiger partial charge in [0.15, 0.2) is 0 Å². The minimum absolute atomic E-state index is 0.0911. The van der Waals surface area contributed by atoms with Crippen LogP contribution in [0.25, 0.3) is 6.08 Å². The SMILES string of the molecule is C=Cc1cc(CC(=O)NC)ccc1F. The summed E-state index contributed by atoms with van der Waals surface area (Å²) in [4.78, 5) is 11.0. The number of carbonyl (C=O) groups is 1. The molecule has 0 atom stereocenters. The second kappa shape index (κ2) is 4.56. The van der Waals surface area contributed by atoms with Gasteiger partial charge >= 0.3 is 0 Å². The van der Waals surface area contributed by atoms with E-state index in [4.69, 9.17) is 0 Å². The molecule has 0 aliphatic rings. The first-order chi connectivity index (χ1) is 6.67. The lowest BCUT2D eigenvalue weighted by Gasteiger charge is -2.02. The Morgan fingerprint density at radius 3 is 2.93 bits per heavy atom. The number of hydrogen-bond donors (Lipinski definition) is 1. The van der Waals surface area contributed by atoms with Gasteiger partial charge < -0.3 is 5.32 Å². The molecule has 0 aliphatic carbocycles. The number of carbonyl (C=O) groups excluding carboxylic acids is 1. The first-order valence-corrected chi connectivity index (χ1v) is 4.29. The normalized spacial score (nSPS) is 9.57. The molecule has 14 heavy (non-hydrogen) atoms. The molecule has 2 nitrogen and oxygen atoms in total. The van der Waals surface area contributed by atoms with Crippen molar-refractivity contribution in [3.63, 3.8) is 0 Å². The fourth-order valence-electron chi connectivity index (χ4n) is 1.13. The van der Waals surface area contributed by atoms with Crippen LogP contribution in [0.5, 0.6) is 0 Å². The second-order valence-corrected chi connectivity index (χ2v) is 2.91. The molecule has 1 aromatic rings. The molecule has 0 bridgehead atoms. The van der Waals surface area contributed by atoms with Gasteiger partial charge in [-0.1, -0.05) is 18.7 Å². The molecule has 0 radical (unpaired) electrons. The number of rotatable bonds is 3. The lowest BCUT2D eigenvalue weighted by Crippen LogP contribution is -2.19. The fraction of sp³-hybridized carbons (Fsp3) is 0.182.